The van der Waals surface area contributed by atoms with E-state index in [-0.39, 0.29) is 17.4 Å². The second-order valence-corrected chi connectivity index (χ2v) is 5.78. The molecule has 2 fully saturated rings. The van der Waals surface area contributed by atoms with Crippen molar-refractivity contribution >= 4 is 11.8 Å². The Morgan fingerprint density at radius 2 is 2.10 bits per heavy atom. The molecular weight excluding hydrogens is 272 g/mol. The highest BCUT2D eigenvalue weighted by Gasteiger charge is 2.44. The number of likely N-dealkylation sites (N-methyl/N-ethyl adjacent to an activating group) is 1. The topological polar surface area (TPSA) is 59.1 Å². The van der Waals surface area contributed by atoms with E-state index in [0.717, 1.165) is 12.8 Å². The molecule has 0 aromatic rings. The molecule has 2 aliphatic rings. The van der Waals surface area contributed by atoms with Crippen molar-refractivity contribution in [2.75, 3.05) is 46.6 Å². The van der Waals surface area contributed by atoms with E-state index < -0.39 is 0 Å². The first-order valence-corrected chi connectivity index (χ1v) is 7.78. The van der Waals surface area contributed by atoms with Crippen LogP contribution in [0.1, 0.15) is 32.6 Å². The van der Waals surface area contributed by atoms with Crippen LogP contribution in [0.4, 0.5) is 0 Å². The number of carbonyl (C=O) groups excluding carboxylic acids is 2. The third kappa shape index (κ3) is 3.55. The van der Waals surface area contributed by atoms with Gasteiger partial charge in [0.15, 0.2) is 0 Å². The lowest BCUT2D eigenvalue weighted by Crippen LogP contribution is -2.58. The molecule has 0 aromatic heterocycles. The smallest absolute Gasteiger partial charge is 0.224 e. The summed E-state index contributed by atoms with van der Waals surface area (Å²) >= 11 is 0. The summed E-state index contributed by atoms with van der Waals surface area (Å²) in [6.07, 6.45) is 2.40. The quantitative estimate of drug-likeness (QED) is 0.765. The van der Waals surface area contributed by atoms with E-state index in [1.807, 2.05) is 16.7 Å². The van der Waals surface area contributed by atoms with Crippen LogP contribution in [0.3, 0.4) is 0 Å². The van der Waals surface area contributed by atoms with E-state index in [9.17, 15) is 9.59 Å². The zero-order valence-electron chi connectivity index (χ0n) is 13.1. The van der Waals surface area contributed by atoms with Crippen LogP contribution in [0, 0.1) is 0 Å². The molecule has 0 bridgehead atoms. The van der Waals surface area contributed by atoms with Gasteiger partial charge in [0.2, 0.25) is 11.8 Å². The number of ether oxygens (including phenoxy) is 2. The maximum atomic E-state index is 12.4. The molecule has 2 heterocycles. The number of hydrogen-bond acceptors (Lipinski definition) is 4. The van der Waals surface area contributed by atoms with E-state index >= 15 is 0 Å². The Bertz CT molecular complexity index is 380. The van der Waals surface area contributed by atoms with Gasteiger partial charge < -0.3 is 19.3 Å². The summed E-state index contributed by atoms with van der Waals surface area (Å²) in [5.41, 5.74) is -0.247. The van der Waals surface area contributed by atoms with Crippen LogP contribution in [0.25, 0.3) is 0 Å². The van der Waals surface area contributed by atoms with Gasteiger partial charge in [-0.15, -0.1) is 0 Å². The fourth-order valence-electron chi connectivity index (χ4n) is 3.40. The summed E-state index contributed by atoms with van der Waals surface area (Å²) in [6.45, 7) is 5.58. The largest absolute Gasteiger partial charge is 0.384 e. The van der Waals surface area contributed by atoms with Crippen molar-refractivity contribution in [2.24, 2.45) is 0 Å². The molecule has 0 aromatic carbocycles. The van der Waals surface area contributed by atoms with Gasteiger partial charge in [-0.05, 0) is 19.8 Å². The minimum atomic E-state index is -0.247. The van der Waals surface area contributed by atoms with E-state index in [4.69, 9.17) is 9.47 Å². The van der Waals surface area contributed by atoms with Crippen molar-refractivity contribution in [3.63, 3.8) is 0 Å². The number of carbonyl (C=O) groups is 2. The lowest BCUT2D eigenvalue weighted by molar-refractivity contribution is -0.142. The van der Waals surface area contributed by atoms with Gasteiger partial charge in [0.1, 0.15) is 0 Å². The number of rotatable bonds is 4. The summed E-state index contributed by atoms with van der Waals surface area (Å²) in [4.78, 5) is 28.6. The van der Waals surface area contributed by atoms with Crippen molar-refractivity contribution in [2.45, 2.75) is 38.1 Å². The van der Waals surface area contributed by atoms with Crippen molar-refractivity contribution in [3.8, 4) is 0 Å². The van der Waals surface area contributed by atoms with Gasteiger partial charge in [0.25, 0.3) is 0 Å². The van der Waals surface area contributed by atoms with Gasteiger partial charge in [0, 0.05) is 46.4 Å². The molecule has 2 saturated heterocycles. The number of hydrogen-bond donors (Lipinski definition) is 0. The molecule has 6 nitrogen and oxygen atoms in total. The summed E-state index contributed by atoms with van der Waals surface area (Å²) in [6, 6.07) is 0. The molecule has 0 saturated carbocycles. The molecular formula is C15H26N2O4. The minimum Gasteiger partial charge on any atom is -0.384 e. The molecule has 21 heavy (non-hydrogen) atoms. The van der Waals surface area contributed by atoms with Gasteiger partial charge in [-0.2, -0.15) is 0 Å². The first kappa shape index (κ1) is 16.2. The second kappa shape index (κ2) is 7.22. The lowest BCUT2D eigenvalue weighted by atomic mass is 9.87. The van der Waals surface area contributed by atoms with E-state index in [1.165, 1.54) is 0 Å². The molecule has 2 rings (SSSR count). The van der Waals surface area contributed by atoms with Crippen LogP contribution in [-0.4, -0.2) is 73.7 Å². The number of methoxy groups -OCH3 is 1. The second-order valence-electron chi connectivity index (χ2n) is 5.78. The SMILES string of the molecule is CCN1C(=O)CCN(C(=O)CCOC)CC12CCOCC2. The monoisotopic (exact) mass is 298 g/mol. The number of nitrogens with zero attached hydrogens (tertiary/aromatic N) is 2. The standard InChI is InChI=1S/C15H26N2O4/c1-3-17-14(19)4-8-16(13(18)5-9-20-2)12-15(17)6-10-21-11-7-15/h3-12H2,1-2H3. The average Bonchev–Trinajstić information content (AvgIpc) is 2.62. The highest BCUT2D eigenvalue weighted by molar-refractivity contribution is 5.81. The number of amides is 2. The van der Waals surface area contributed by atoms with Crippen LogP contribution in [0.15, 0.2) is 0 Å². The molecule has 6 heteroatoms. The van der Waals surface area contributed by atoms with Crippen molar-refractivity contribution in [1.29, 1.82) is 0 Å². The van der Waals surface area contributed by atoms with Gasteiger partial charge in [-0.25, -0.2) is 0 Å². The first-order valence-electron chi connectivity index (χ1n) is 7.78. The molecule has 0 atom stereocenters. The van der Waals surface area contributed by atoms with Gasteiger partial charge in [0.05, 0.1) is 18.6 Å². The third-order valence-electron chi connectivity index (χ3n) is 4.57. The van der Waals surface area contributed by atoms with Crippen LogP contribution in [0.5, 0.6) is 0 Å². The predicted molar refractivity (Wildman–Crippen MR) is 77.9 cm³/mol. The van der Waals surface area contributed by atoms with Crippen molar-refractivity contribution in [3.05, 3.63) is 0 Å². The molecule has 0 unspecified atom stereocenters. The summed E-state index contributed by atoms with van der Waals surface area (Å²) < 4.78 is 10.5. The van der Waals surface area contributed by atoms with Crippen LogP contribution >= 0.6 is 0 Å². The minimum absolute atomic E-state index is 0.0773. The van der Waals surface area contributed by atoms with Crippen LogP contribution in [-0.2, 0) is 19.1 Å². The highest BCUT2D eigenvalue weighted by Crippen LogP contribution is 2.32. The molecule has 120 valence electrons. The molecule has 2 amide bonds. The normalized spacial score (nSPS) is 22.5. The molecule has 0 aliphatic carbocycles. The van der Waals surface area contributed by atoms with Crippen molar-refractivity contribution < 1.29 is 19.1 Å². The fraction of sp³-hybridized carbons (Fsp3) is 0.867. The van der Waals surface area contributed by atoms with Gasteiger partial charge >= 0.3 is 0 Å². The Balaban J connectivity index is 2.17. The molecule has 0 N–H and O–H groups in total. The Hall–Kier alpha value is -1.14. The molecule has 1 spiro atoms. The maximum absolute atomic E-state index is 12.4. The highest BCUT2D eigenvalue weighted by atomic mass is 16.5. The van der Waals surface area contributed by atoms with Crippen molar-refractivity contribution in [1.82, 2.24) is 9.80 Å². The van der Waals surface area contributed by atoms with Gasteiger partial charge in [-0.3, -0.25) is 9.59 Å². The Morgan fingerprint density at radius 1 is 1.38 bits per heavy atom. The molecule has 0 radical (unpaired) electrons. The fourth-order valence-corrected chi connectivity index (χ4v) is 3.40. The van der Waals surface area contributed by atoms with Crippen LogP contribution < -0.4 is 0 Å². The lowest BCUT2D eigenvalue weighted by Gasteiger charge is -2.46. The summed E-state index contributed by atoms with van der Waals surface area (Å²) in [5.74, 6) is 0.231. The zero-order valence-corrected chi connectivity index (χ0v) is 13.1. The Morgan fingerprint density at radius 3 is 2.71 bits per heavy atom. The van der Waals surface area contributed by atoms with Crippen LogP contribution in [0.2, 0.25) is 0 Å². The summed E-state index contributed by atoms with van der Waals surface area (Å²) in [7, 11) is 1.60. The summed E-state index contributed by atoms with van der Waals surface area (Å²) in [5, 5.41) is 0. The average molecular weight is 298 g/mol. The van der Waals surface area contributed by atoms with E-state index in [2.05, 4.69) is 0 Å². The Kier molecular flexibility index (Phi) is 5.58. The maximum Gasteiger partial charge on any atom is 0.224 e. The molecule has 2 aliphatic heterocycles. The Labute approximate surface area is 126 Å². The predicted octanol–water partition coefficient (Wildman–Crippen LogP) is 0.653. The van der Waals surface area contributed by atoms with E-state index in [1.54, 1.807) is 7.11 Å². The van der Waals surface area contributed by atoms with Gasteiger partial charge in [-0.1, -0.05) is 0 Å². The van der Waals surface area contributed by atoms with E-state index in [0.29, 0.717) is 52.3 Å². The zero-order chi connectivity index (χ0) is 15.3. The first-order chi connectivity index (χ1) is 10.1. The third-order valence-corrected chi connectivity index (χ3v) is 4.57.